The van der Waals surface area contributed by atoms with Gasteiger partial charge in [0.15, 0.2) is 0 Å². The van der Waals surface area contributed by atoms with E-state index < -0.39 is 53.8 Å². The lowest BCUT2D eigenvalue weighted by atomic mass is 10.1. The van der Waals surface area contributed by atoms with E-state index in [1.54, 1.807) is 5.92 Å². The zero-order chi connectivity index (χ0) is 18.0. The predicted octanol–water partition coefficient (Wildman–Crippen LogP) is 4.39. The van der Waals surface area contributed by atoms with Crippen LogP contribution >= 0.6 is 0 Å². The van der Waals surface area contributed by atoms with Crippen molar-refractivity contribution in [1.82, 2.24) is 0 Å². The van der Waals surface area contributed by atoms with Crippen molar-refractivity contribution in [1.29, 1.82) is 0 Å². The van der Waals surface area contributed by atoms with Gasteiger partial charge in [0.1, 0.15) is 5.83 Å². The Kier molecular flexibility index (Phi) is 5.56. The molecule has 0 heterocycles. The fourth-order valence-electron chi connectivity index (χ4n) is 2.25. The molecule has 0 saturated heterocycles. The zero-order valence-corrected chi connectivity index (χ0v) is 12.3. The van der Waals surface area contributed by atoms with Crippen molar-refractivity contribution in [2.45, 2.75) is 32.5 Å². The quantitative estimate of drug-likeness (QED) is 0.421. The van der Waals surface area contributed by atoms with Crippen molar-refractivity contribution in [2.24, 2.45) is 17.3 Å². The molecule has 1 aliphatic carbocycles. The Balaban J connectivity index is 2.76. The zero-order valence-electron chi connectivity index (χ0n) is 12.3. The van der Waals surface area contributed by atoms with Gasteiger partial charge in [-0.05, 0) is 17.6 Å². The minimum absolute atomic E-state index is 0.175. The van der Waals surface area contributed by atoms with E-state index in [2.05, 4.69) is 4.74 Å². The summed E-state index contributed by atoms with van der Waals surface area (Å²) >= 11 is 0. The molecule has 0 aliphatic heterocycles. The van der Waals surface area contributed by atoms with Crippen LogP contribution in [-0.4, -0.2) is 18.2 Å². The summed E-state index contributed by atoms with van der Waals surface area (Å²) in [6.45, 7) is 3.06. The molecule has 8 heteroatoms. The molecule has 0 spiro atoms. The molecule has 1 fully saturated rings. The summed E-state index contributed by atoms with van der Waals surface area (Å²) in [7, 11) is 0. The second-order valence-corrected chi connectivity index (χ2v) is 5.67. The third-order valence-electron chi connectivity index (χ3n) is 3.63. The van der Waals surface area contributed by atoms with Gasteiger partial charge in [-0.1, -0.05) is 19.8 Å². The number of carbonyl (C=O) groups excluding carboxylic acids is 1. The van der Waals surface area contributed by atoms with Crippen LogP contribution in [0.3, 0.4) is 0 Å². The molecule has 1 saturated carbocycles. The molecule has 1 rings (SSSR count). The molecular weight excluding hydrogens is 326 g/mol. The topological polar surface area (TPSA) is 26.3 Å². The molecule has 0 radical (unpaired) electrons. The van der Waals surface area contributed by atoms with Crippen LogP contribution < -0.4 is 0 Å². The average molecular weight is 340 g/mol. The molecule has 128 valence electrons. The first-order chi connectivity index (χ1) is 10.4. The monoisotopic (exact) mass is 340 g/mol. The Bertz CT molecular complexity index is 563. The third-order valence-corrected chi connectivity index (χ3v) is 3.63. The largest absolute Gasteiger partial charge is 0.441 e. The highest BCUT2D eigenvalue weighted by atomic mass is 19.4. The van der Waals surface area contributed by atoms with Gasteiger partial charge in [-0.15, -0.1) is 6.42 Å². The van der Waals surface area contributed by atoms with Crippen LogP contribution in [0.5, 0.6) is 0 Å². The smallest absolute Gasteiger partial charge is 0.392 e. The summed E-state index contributed by atoms with van der Waals surface area (Å²) in [5, 5.41) is 0. The van der Waals surface area contributed by atoms with Gasteiger partial charge in [-0.2, -0.15) is 22.0 Å². The first-order valence-electron chi connectivity index (χ1n) is 6.52. The molecule has 0 amide bonds. The Morgan fingerprint density at radius 1 is 1.35 bits per heavy atom. The summed E-state index contributed by atoms with van der Waals surface area (Å²) in [6.07, 6.45) is -4.38. The van der Waals surface area contributed by atoms with E-state index in [9.17, 15) is 31.1 Å². The Morgan fingerprint density at radius 2 is 1.91 bits per heavy atom. The van der Waals surface area contributed by atoms with Crippen molar-refractivity contribution in [2.75, 3.05) is 0 Å². The summed E-state index contributed by atoms with van der Waals surface area (Å²) < 4.78 is 78.8. The highest BCUT2D eigenvalue weighted by Gasteiger charge is 2.62. The van der Waals surface area contributed by atoms with Crippen molar-refractivity contribution in [3.8, 4) is 12.3 Å². The van der Waals surface area contributed by atoms with E-state index in [0.29, 0.717) is 6.08 Å². The van der Waals surface area contributed by atoms with Gasteiger partial charge in [0, 0.05) is 5.92 Å². The van der Waals surface area contributed by atoms with Crippen LogP contribution in [0.2, 0.25) is 0 Å². The number of allylic oxidation sites excluding steroid dienone is 2. The van der Waals surface area contributed by atoms with Crippen molar-refractivity contribution >= 4 is 5.97 Å². The minimum atomic E-state index is -4.63. The van der Waals surface area contributed by atoms with Gasteiger partial charge in [0.25, 0.3) is 6.08 Å². The standard InChI is InChI=1S/C15H14F6O2/c1-4-10(9(16)5-6-15(19,20)21)23-13(22)12-8(7-11(17)18)14(12,2)3/h1,5,7-8,10,12H,6H2,2-3H3/b9-5-. The summed E-state index contributed by atoms with van der Waals surface area (Å²) in [6, 6.07) is 0. The van der Waals surface area contributed by atoms with E-state index in [-0.39, 0.29) is 6.08 Å². The van der Waals surface area contributed by atoms with Gasteiger partial charge >= 0.3 is 12.1 Å². The lowest BCUT2D eigenvalue weighted by molar-refractivity contribution is -0.148. The van der Waals surface area contributed by atoms with Crippen LogP contribution in [0, 0.1) is 29.6 Å². The molecule has 0 N–H and O–H groups in total. The van der Waals surface area contributed by atoms with E-state index in [1.165, 1.54) is 13.8 Å². The van der Waals surface area contributed by atoms with Gasteiger partial charge in [0.05, 0.1) is 12.3 Å². The molecule has 3 unspecified atom stereocenters. The first kappa shape index (κ1) is 19.1. The number of hydrogen-bond acceptors (Lipinski definition) is 2. The molecule has 0 aromatic heterocycles. The summed E-state index contributed by atoms with van der Waals surface area (Å²) in [5.41, 5.74) is -0.828. The summed E-state index contributed by atoms with van der Waals surface area (Å²) in [5.74, 6) is -2.51. The molecule has 0 bridgehead atoms. The summed E-state index contributed by atoms with van der Waals surface area (Å²) in [4.78, 5) is 11.9. The van der Waals surface area contributed by atoms with Crippen LogP contribution in [0.15, 0.2) is 24.1 Å². The van der Waals surface area contributed by atoms with Crippen molar-refractivity contribution in [3.63, 3.8) is 0 Å². The van der Waals surface area contributed by atoms with Gasteiger partial charge in [-0.3, -0.25) is 4.79 Å². The molecule has 0 aromatic rings. The number of esters is 1. The fraction of sp³-hybridized carbons (Fsp3) is 0.533. The lowest BCUT2D eigenvalue weighted by Crippen LogP contribution is -2.20. The van der Waals surface area contributed by atoms with E-state index in [0.717, 1.165) is 0 Å². The number of halogens is 6. The number of carbonyl (C=O) groups is 1. The maximum atomic E-state index is 13.6. The number of hydrogen-bond donors (Lipinski definition) is 0. The maximum Gasteiger partial charge on any atom is 0.392 e. The van der Waals surface area contributed by atoms with E-state index in [4.69, 9.17) is 6.42 Å². The molecule has 1 aliphatic rings. The number of terminal acetylenes is 1. The van der Waals surface area contributed by atoms with Gasteiger partial charge < -0.3 is 4.74 Å². The number of rotatable bonds is 5. The normalized spacial score (nSPS) is 24.4. The molecule has 3 atom stereocenters. The number of alkyl halides is 3. The van der Waals surface area contributed by atoms with Crippen molar-refractivity contribution in [3.05, 3.63) is 24.1 Å². The van der Waals surface area contributed by atoms with Gasteiger partial charge in [-0.25, -0.2) is 4.39 Å². The Labute approximate surface area is 129 Å². The molecule has 2 nitrogen and oxygen atoms in total. The molecule has 23 heavy (non-hydrogen) atoms. The second kappa shape index (κ2) is 6.69. The third kappa shape index (κ3) is 5.05. The highest BCUT2D eigenvalue weighted by molar-refractivity contribution is 5.78. The van der Waals surface area contributed by atoms with Crippen LogP contribution in [0.4, 0.5) is 26.3 Å². The maximum absolute atomic E-state index is 13.6. The van der Waals surface area contributed by atoms with E-state index >= 15 is 0 Å². The average Bonchev–Trinajstić information content (AvgIpc) is 2.92. The number of ether oxygens (including phenoxy) is 1. The fourth-order valence-corrected chi connectivity index (χ4v) is 2.25. The Morgan fingerprint density at radius 3 is 2.35 bits per heavy atom. The SMILES string of the molecule is C#CC(OC(=O)C1C(C=C(F)F)C1(C)C)/C(F)=C/CC(F)(F)F. The lowest BCUT2D eigenvalue weighted by Gasteiger charge is -2.12. The van der Waals surface area contributed by atoms with E-state index in [1.807, 2.05) is 0 Å². The van der Waals surface area contributed by atoms with Crippen LogP contribution in [0.1, 0.15) is 20.3 Å². The molecular formula is C15H14F6O2. The van der Waals surface area contributed by atoms with Crippen LogP contribution in [-0.2, 0) is 9.53 Å². The minimum Gasteiger partial charge on any atom is -0.441 e. The highest BCUT2D eigenvalue weighted by Crippen LogP contribution is 2.60. The second-order valence-electron chi connectivity index (χ2n) is 5.67. The van der Waals surface area contributed by atoms with Crippen molar-refractivity contribution < 1.29 is 35.9 Å². The predicted molar refractivity (Wildman–Crippen MR) is 69.6 cm³/mol. The van der Waals surface area contributed by atoms with Crippen LogP contribution in [0.25, 0.3) is 0 Å². The Hall–Kier alpha value is -1.91. The van der Waals surface area contributed by atoms with Gasteiger partial charge in [0.2, 0.25) is 6.10 Å². The first-order valence-corrected chi connectivity index (χ1v) is 6.52. The molecule has 0 aromatic carbocycles.